The molecule has 2 heteroatoms. The van der Waals surface area contributed by atoms with Crippen molar-refractivity contribution in [2.45, 2.75) is 12.8 Å². The molecular formula is C7H14N2. The van der Waals surface area contributed by atoms with Gasteiger partial charge in [-0.05, 0) is 31.7 Å². The number of nitrogens with one attached hydrogen (secondary N) is 2. The molecule has 0 atom stereocenters. The van der Waals surface area contributed by atoms with Crippen molar-refractivity contribution in [3.63, 3.8) is 0 Å². The molecule has 0 fully saturated rings. The van der Waals surface area contributed by atoms with Gasteiger partial charge in [-0.25, -0.2) is 0 Å². The Hall–Kier alpha value is -0.500. The van der Waals surface area contributed by atoms with E-state index in [4.69, 9.17) is 0 Å². The van der Waals surface area contributed by atoms with E-state index in [0.717, 1.165) is 13.1 Å². The second kappa shape index (κ2) is 3.51. The van der Waals surface area contributed by atoms with E-state index in [-0.39, 0.29) is 0 Å². The minimum absolute atomic E-state index is 1.03. The predicted octanol–water partition coefficient (Wildman–Crippen LogP) is 0.473. The minimum atomic E-state index is 1.03. The third-order valence-corrected chi connectivity index (χ3v) is 1.53. The minimum Gasteiger partial charge on any atom is -0.391 e. The highest BCUT2D eigenvalue weighted by Crippen LogP contribution is 2.05. The average Bonchev–Trinajstić information content (AvgIpc) is 1.91. The predicted molar refractivity (Wildman–Crippen MR) is 39.2 cm³/mol. The van der Waals surface area contributed by atoms with Gasteiger partial charge in [-0.1, -0.05) is 0 Å². The van der Waals surface area contributed by atoms with E-state index in [2.05, 4.69) is 16.8 Å². The van der Waals surface area contributed by atoms with Gasteiger partial charge in [-0.3, -0.25) is 0 Å². The molecule has 0 aromatic carbocycles. The molecule has 1 aliphatic rings. The Bertz CT molecular complexity index is 107. The second-order valence-electron chi connectivity index (χ2n) is 2.39. The van der Waals surface area contributed by atoms with Crippen LogP contribution in [0.1, 0.15) is 12.8 Å². The number of rotatable bonds is 2. The first-order chi connectivity index (χ1) is 4.43. The van der Waals surface area contributed by atoms with E-state index >= 15 is 0 Å². The van der Waals surface area contributed by atoms with Crippen molar-refractivity contribution in [3.05, 3.63) is 11.8 Å². The van der Waals surface area contributed by atoms with Crippen LogP contribution >= 0.6 is 0 Å². The first-order valence-electron chi connectivity index (χ1n) is 3.49. The Balaban J connectivity index is 2.28. The van der Waals surface area contributed by atoms with Crippen molar-refractivity contribution < 1.29 is 0 Å². The largest absolute Gasteiger partial charge is 0.391 e. The van der Waals surface area contributed by atoms with E-state index in [1.54, 1.807) is 0 Å². The fourth-order valence-corrected chi connectivity index (χ4v) is 1.07. The third kappa shape index (κ3) is 2.06. The van der Waals surface area contributed by atoms with E-state index in [1.165, 1.54) is 18.4 Å². The fourth-order valence-electron chi connectivity index (χ4n) is 1.07. The Morgan fingerprint density at radius 2 is 2.67 bits per heavy atom. The molecule has 0 amide bonds. The molecule has 0 aromatic heterocycles. The summed E-state index contributed by atoms with van der Waals surface area (Å²) in [4.78, 5) is 0. The van der Waals surface area contributed by atoms with Gasteiger partial charge in [-0.15, -0.1) is 0 Å². The Kier molecular flexibility index (Phi) is 2.58. The lowest BCUT2D eigenvalue weighted by atomic mass is 10.1. The summed E-state index contributed by atoms with van der Waals surface area (Å²) in [5, 5.41) is 6.35. The fraction of sp³-hybridized carbons (Fsp3) is 0.714. The Morgan fingerprint density at radius 1 is 1.78 bits per heavy atom. The summed E-state index contributed by atoms with van der Waals surface area (Å²) in [6.45, 7) is 2.18. The summed E-state index contributed by atoms with van der Waals surface area (Å²) in [7, 11) is 1.98. The highest BCUT2D eigenvalue weighted by Gasteiger charge is 1.99. The molecule has 1 rings (SSSR count). The van der Waals surface area contributed by atoms with E-state index < -0.39 is 0 Å². The highest BCUT2D eigenvalue weighted by molar-refractivity contribution is 5.05. The molecule has 1 heterocycles. The van der Waals surface area contributed by atoms with Crippen LogP contribution < -0.4 is 10.6 Å². The monoisotopic (exact) mass is 126 g/mol. The van der Waals surface area contributed by atoms with Crippen molar-refractivity contribution in [1.82, 2.24) is 10.6 Å². The summed E-state index contributed by atoms with van der Waals surface area (Å²) in [5.41, 5.74) is 1.49. The molecule has 0 spiro atoms. The molecule has 0 saturated carbocycles. The SMILES string of the molecule is CNCC1=CNCCC1. The lowest BCUT2D eigenvalue weighted by molar-refractivity contribution is 0.671. The van der Waals surface area contributed by atoms with Gasteiger partial charge in [0.25, 0.3) is 0 Å². The van der Waals surface area contributed by atoms with Crippen LogP contribution in [0.5, 0.6) is 0 Å². The van der Waals surface area contributed by atoms with Crippen molar-refractivity contribution in [2.24, 2.45) is 0 Å². The topological polar surface area (TPSA) is 24.1 Å². The van der Waals surface area contributed by atoms with Crippen LogP contribution in [-0.2, 0) is 0 Å². The summed E-state index contributed by atoms with van der Waals surface area (Å²) >= 11 is 0. The molecule has 0 saturated heterocycles. The smallest absolute Gasteiger partial charge is 0.0178 e. The molecule has 1 aliphatic heterocycles. The number of likely N-dealkylation sites (N-methyl/N-ethyl adjacent to an activating group) is 1. The highest BCUT2D eigenvalue weighted by atomic mass is 14.9. The van der Waals surface area contributed by atoms with Crippen molar-refractivity contribution in [3.8, 4) is 0 Å². The molecule has 0 radical (unpaired) electrons. The maximum Gasteiger partial charge on any atom is 0.0178 e. The van der Waals surface area contributed by atoms with Crippen LogP contribution in [0.2, 0.25) is 0 Å². The first kappa shape index (κ1) is 6.62. The summed E-state index contributed by atoms with van der Waals surface area (Å²) in [6, 6.07) is 0. The van der Waals surface area contributed by atoms with Crippen LogP contribution in [-0.4, -0.2) is 20.1 Å². The van der Waals surface area contributed by atoms with Crippen LogP contribution in [0.4, 0.5) is 0 Å². The summed E-state index contributed by atoms with van der Waals surface area (Å²) < 4.78 is 0. The van der Waals surface area contributed by atoms with Crippen molar-refractivity contribution in [1.29, 1.82) is 0 Å². The number of hydrogen-bond acceptors (Lipinski definition) is 2. The Morgan fingerprint density at radius 3 is 3.22 bits per heavy atom. The molecule has 0 bridgehead atoms. The summed E-state index contributed by atoms with van der Waals surface area (Å²) in [5.74, 6) is 0. The van der Waals surface area contributed by atoms with Gasteiger partial charge in [0.05, 0.1) is 0 Å². The van der Waals surface area contributed by atoms with Crippen molar-refractivity contribution in [2.75, 3.05) is 20.1 Å². The third-order valence-electron chi connectivity index (χ3n) is 1.53. The van der Waals surface area contributed by atoms with E-state index in [9.17, 15) is 0 Å². The molecule has 0 aromatic rings. The maximum absolute atomic E-state index is 3.22. The van der Waals surface area contributed by atoms with Crippen LogP contribution in [0.3, 0.4) is 0 Å². The lowest BCUT2D eigenvalue weighted by Crippen LogP contribution is -2.19. The lowest BCUT2D eigenvalue weighted by Gasteiger charge is -2.12. The van der Waals surface area contributed by atoms with Gasteiger partial charge in [0.2, 0.25) is 0 Å². The zero-order valence-electron chi connectivity index (χ0n) is 5.91. The van der Waals surface area contributed by atoms with Gasteiger partial charge in [0.1, 0.15) is 0 Å². The molecule has 2 N–H and O–H groups in total. The van der Waals surface area contributed by atoms with Crippen LogP contribution in [0.15, 0.2) is 11.8 Å². The normalized spacial score (nSPS) is 18.6. The van der Waals surface area contributed by atoms with Crippen LogP contribution in [0, 0.1) is 0 Å². The molecule has 52 valence electrons. The maximum atomic E-state index is 3.22. The van der Waals surface area contributed by atoms with E-state index in [0.29, 0.717) is 0 Å². The standard InChI is InChI=1S/C7H14N2/c1-8-5-7-3-2-4-9-6-7/h6,8-9H,2-5H2,1H3. The zero-order valence-corrected chi connectivity index (χ0v) is 5.91. The molecule has 9 heavy (non-hydrogen) atoms. The van der Waals surface area contributed by atoms with E-state index in [1.807, 2.05) is 7.05 Å². The first-order valence-corrected chi connectivity index (χ1v) is 3.49. The second-order valence-corrected chi connectivity index (χ2v) is 2.39. The number of hydrogen-bond donors (Lipinski definition) is 2. The van der Waals surface area contributed by atoms with Gasteiger partial charge in [0.15, 0.2) is 0 Å². The molecular weight excluding hydrogens is 112 g/mol. The van der Waals surface area contributed by atoms with Gasteiger partial charge >= 0.3 is 0 Å². The molecule has 2 nitrogen and oxygen atoms in total. The van der Waals surface area contributed by atoms with Crippen molar-refractivity contribution >= 4 is 0 Å². The molecule has 0 unspecified atom stereocenters. The van der Waals surface area contributed by atoms with Gasteiger partial charge in [0, 0.05) is 13.1 Å². The van der Waals surface area contributed by atoms with Gasteiger partial charge < -0.3 is 10.6 Å². The van der Waals surface area contributed by atoms with Gasteiger partial charge in [-0.2, -0.15) is 0 Å². The molecule has 0 aliphatic carbocycles. The van der Waals surface area contributed by atoms with Crippen LogP contribution in [0.25, 0.3) is 0 Å². The quantitative estimate of drug-likeness (QED) is 0.562. The zero-order chi connectivity index (χ0) is 6.53. The Labute approximate surface area is 56.3 Å². The average molecular weight is 126 g/mol. The summed E-state index contributed by atoms with van der Waals surface area (Å²) in [6.07, 6.45) is 4.67.